The van der Waals surface area contributed by atoms with Gasteiger partial charge in [0, 0.05) is 9.92 Å². The highest BCUT2D eigenvalue weighted by Crippen LogP contribution is 2.24. The standard InChI is InChI=1S/C16H15ClN2OS/c1-12(21-15-9-7-14(17)8-10-15)16(20)19-18-11-13-5-3-2-4-6-13/h2-12H,1H3,(H,19,20)/b18-11-/t12-/m1/s1. The molecule has 2 aromatic carbocycles. The quantitative estimate of drug-likeness (QED) is 0.515. The van der Waals surface area contributed by atoms with Crippen LogP contribution in [0.1, 0.15) is 12.5 Å². The molecule has 0 aliphatic heterocycles. The van der Waals surface area contributed by atoms with Crippen molar-refractivity contribution in [2.75, 3.05) is 0 Å². The molecule has 5 heteroatoms. The van der Waals surface area contributed by atoms with Crippen molar-refractivity contribution in [1.29, 1.82) is 0 Å². The Kier molecular flexibility index (Phi) is 5.84. The zero-order chi connectivity index (χ0) is 15.1. The zero-order valence-corrected chi connectivity index (χ0v) is 13.1. The van der Waals surface area contributed by atoms with Crippen molar-refractivity contribution >= 4 is 35.5 Å². The summed E-state index contributed by atoms with van der Waals surface area (Å²) < 4.78 is 0. The first-order valence-corrected chi connectivity index (χ1v) is 7.71. The van der Waals surface area contributed by atoms with Crippen LogP contribution < -0.4 is 5.43 Å². The summed E-state index contributed by atoms with van der Waals surface area (Å²) in [5.74, 6) is -0.137. The third-order valence-corrected chi connectivity index (χ3v) is 4.05. The fourth-order valence-corrected chi connectivity index (χ4v) is 2.56. The number of carbonyl (C=O) groups excluding carboxylic acids is 1. The number of hydrogen-bond acceptors (Lipinski definition) is 3. The van der Waals surface area contributed by atoms with Crippen molar-refractivity contribution in [3.8, 4) is 0 Å². The van der Waals surface area contributed by atoms with Crippen LogP contribution in [0.5, 0.6) is 0 Å². The number of nitrogens with one attached hydrogen (secondary N) is 1. The summed E-state index contributed by atoms with van der Waals surface area (Å²) in [6.45, 7) is 1.84. The van der Waals surface area contributed by atoms with Crippen molar-refractivity contribution in [3.63, 3.8) is 0 Å². The Bertz CT molecular complexity index is 614. The summed E-state index contributed by atoms with van der Waals surface area (Å²) in [7, 11) is 0. The van der Waals surface area contributed by atoms with Crippen LogP contribution in [-0.4, -0.2) is 17.4 Å². The summed E-state index contributed by atoms with van der Waals surface area (Å²) in [6.07, 6.45) is 1.62. The van der Waals surface area contributed by atoms with Crippen LogP contribution in [0.4, 0.5) is 0 Å². The molecule has 2 rings (SSSR count). The normalized spacial score (nSPS) is 12.3. The molecule has 1 atom stereocenters. The molecule has 0 saturated carbocycles. The summed E-state index contributed by atoms with van der Waals surface area (Å²) >= 11 is 7.29. The fourth-order valence-electron chi connectivity index (χ4n) is 1.57. The monoisotopic (exact) mass is 318 g/mol. The van der Waals surface area contributed by atoms with Crippen LogP contribution in [0, 0.1) is 0 Å². The molecule has 0 bridgehead atoms. The minimum Gasteiger partial charge on any atom is -0.272 e. The van der Waals surface area contributed by atoms with E-state index in [1.165, 1.54) is 11.8 Å². The molecule has 0 unspecified atom stereocenters. The third-order valence-electron chi connectivity index (χ3n) is 2.68. The molecular formula is C16H15ClN2OS. The van der Waals surface area contributed by atoms with Crippen LogP contribution in [0.3, 0.4) is 0 Å². The molecule has 0 aliphatic rings. The van der Waals surface area contributed by atoms with Gasteiger partial charge in [-0.1, -0.05) is 41.9 Å². The highest BCUT2D eigenvalue weighted by molar-refractivity contribution is 8.00. The van der Waals surface area contributed by atoms with Crippen molar-refractivity contribution in [3.05, 3.63) is 65.2 Å². The van der Waals surface area contributed by atoms with E-state index in [-0.39, 0.29) is 11.2 Å². The van der Waals surface area contributed by atoms with Crippen molar-refractivity contribution in [2.45, 2.75) is 17.1 Å². The van der Waals surface area contributed by atoms with Gasteiger partial charge < -0.3 is 0 Å². The van der Waals surface area contributed by atoms with Gasteiger partial charge in [0.2, 0.25) is 0 Å². The zero-order valence-electron chi connectivity index (χ0n) is 11.5. The van der Waals surface area contributed by atoms with Gasteiger partial charge in [0.1, 0.15) is 0 Å². The number of halogens is 1. The van der Waals surface area contributed by atoms with E-state index >= 15 is 0 Å². The highest BCUT2D eigenvalue weighted by Gasteiger charge is 2.13. The van der Waals surface area contributed by atoms with Gasteiger partial charge in [0.05, 0.1) is 11.5 Å². The second-order valence-corrected chi connectivity index (χ2v) is 6.21. The first kappa shape index (κ1) is 15.6. The Hall–Kier alpha value is -1.78. The summed E-state index contributed by atoms with van der Waals surface area (Å²) in [6, 6.07) is 17.0. The van der Waals surface area contributed by atoms with Gasteiger partial charge in [0.25, 0.3) is 5.91 Å². The van der Waals surface area contributed by atoms with Crippen LogP contribution in [0.15, 0.2) is 64.6 Å². The molecule has 1 N–H and O–H groups in total. The molecule has 0 fully saturated rings. The molecular weight excluding hydrogens is 304 g/mol. The van der Waals surface area contributed by atoms with Crippen LogP contribution in [-0.2, 0) is 4.79 Å². The number of rotatable bonds is 5. The maximum absolute atomic E-state index is 11.9. The lowest BCUT2D eigenvalue weighted by atomic mass is 10.2. The van der Waals surface area contributed by atoms with Gasteiger partial charge in [-0.05, 0) is 36.8 Å². The van der Waals surface area contributed by atoms with E-state index in [4.69, 9.17) is 11.6 Å². The van der Waals surface area contributed by atoms with E-state index in [2.05, 4.69) is 10.5 Å². The molecule has 0 aromatic heterocycles. The first-order valence-electron chi connectivity index (χ1n) is 6.45. The van der Waals surface area contributed by atoms with Crippen LogP contribution in [0.2, 0.25) is 5.02 Å². The third kappa shape index (κ3) is 5.25. The molecule has 3 nitrogen and oxygen atoms in total. The molecule has 0 radical (unpaired) electrons. The Labute approximate surface area is 133 Å². The number of thioether (sulfide) groups is 1. The minimum atomic E-state index is -0.237. The minimum absolute atomic E-state index is 0.137. The van der Waals surface area contributed by atoms with Gasteiger partial charge in [0.15, 0.2) is 0 Å². The lowest BCUT2D eigenvalue weighted by molar-refractivity contribution is -0.120. The average molecular weight is 319 g/mol. The number of hydrazone groups is 1. The van der Waals surface area contributed by atoms with Crippen molar-refractivity contribution in [1.82, 2.24) is 5.43 Å². The molecule has 0 saturated heterocycles. The largest absolute Gasteiger partial charge is 0.272 e. The highest BCUT2D eigenvalue weighted by atomic mass is 35.5. The first-order chi connectivity index (χ1) is 10.1. The maximum Gasteiger partial charge on any atom is 0.253 e. The molecule has 108 valence electrons. The lowest BCUT2D eigenvalue weighted by Gasteiger charge is -2.09. The van der Waals surface area contributed by atoms with Gasteiger partial charge in [-0.15, -0.1) is 11.8 Å². The SMILES string of the molecule is C[C@@H](Sc1ccc(Cl)cc1)C(=O)N/N=C\c1ccccc1. The Morgan fingerprint density at radius 2 is 1.86 bits per heavy atom. The summed E-state index contributed by atoms with van der Waals surface area (Å²) in [5, 5.41) is 4.41. The second-order valence-electron chi connectivity index (χ2n) is 4.36. The molecule has 2 aromatic rings. The number of nitrogens with zero attached hydrogens (tertiary/aromatic N) is 1. The maximum atomic E-state index is 11.9. The smallest absolute Gasteiger partial charge is 0.253 e. The van der Waals surface area contributed by atoms with Crippen LogP contribution in [0.25, 0.3) is 0 Å². The van der Waals surface area contributed by atoms with Gasteiger partial charge in [-0.3, -0.25) is 4.79 Å². The Morgan fingerprint density at radius 3 is 2.52 bits per heavy atom. The van der Waals surface area contributed by atoms with E-state index in [1.54, 1.807) is 6.21 Å². The topological polar surface area (TPSA) is 41.5 Å². The lowest BCUT2D eigenvalue weighted by Crippen LogP contribution is -2.26. The van der Waals surface area contributed by atoms with Gasteiger partial charge in [-0.2, -0.15) is 5.10 Å². The number of benzene rings is 2. The van der Waals surface area contributed by atoms with Crippen molar-refractivity contribution < 1.29 is 4.79 Å². The molecule has 21 heavy (non-hydrogen) atoms. The summed E-state index contributed by atoms with van der Waals surface area (Å²) in [5.41, 5.74) is 3.49. The van der Waals surface area contributed by atoms with Crippen molar-refractivity contribution in [2.24, 2.45) is 5.10 Å². The van der Waals surface area contributed by atoms with E-state index < -0.39 is 0 Å². The Balaban J connectivity index is 1.85. The molecule has 1 amide bonds. The Morgan fingerprint density at radius 1 is 1.19 bits per heavy atom. The van der Waals surface area contributed by atoms with E-state index in [9.17, 15) is 4.79 Å². The van der Waals surface area contributed by atoms with E-state index in [0.29, 0.717) is 5.02 Å². The average Bonchev–Trinajstić information content (AvgIpc) is 2.50. The number of carbonyl (C=O) groups is 1. The van der Waals surface area contributed by atoms with Gasteiger partial charge in [-0.25, -0.2) is 5.43 Å². The number of hydrogen-bond donors (Lipinski definition) is 1. The molecule has 0 spiro atoms. The predicted octanol–water partition coefficient (Wildman–Crippen LogP) is 3.97. The second kappa shape index (κ2) is 7.86. The molecule has 0 aliphatic carbocycles. The van der Waals surface area contributed by atoms with Crippen LogP contribution >= 0.6 is 23.4 Å². The predicted molar refractivity (Wildman–Crippen MR) is 88.9 cm³/mol. The fraction of sp³-hybridized carbons (Fsp3) is 0.125. The molecule has 0 heterocycles. The number of amides is 1. The summed E-state index contributed by atoms with van der Waals surface area (Å²) in [4.78, 5) is 12.9. The van der Waals surface area contributed by atoms with E-state index in [0.717, 1.165) is 10.5 Å². The van der Waals surface area contributed by atoms with Gasteiger partial charge >= 0.3 is 0 Å². The van der Waals surface area contributed by atoms with E-state index in [1.807, 2.05) is 61.5 Å².